The molecule has 0 saturated heterocycles. The van der Waals surface area contributed by atoms with Crippen LogP contribution in [-0.4, -0.2) is 41.1 Å². The van der Waals surface area contributed by atoms with E-state index >= 15 is 0 Å². The minimum atomic E-state index is -0.340. The maximum absolute atomic E-state index is 13.8. The van der Waals surface area contributed by atoms with Crippen molar-refractivity contribution in [3.05, 3.63) is 53.9 Å². The van der Waals surface area contributed by atoms with E-state index in [0.717, 1.165) is 17.0 Å². The summed E-state index contributed by atoms with van der Waals surface area (Å²) < 4.78 is 15.6. The Kier molecular flexibility index (Phi) is 4.65. The third kappa shape index (κ3) is 3.45. The average molecular weight is 341 g/mol. The molecule has 1 amide bonds. The number of imidazole rings is 1. The number of fused-ring (bicyclic) bond motifs is 1. The quantitative estimate of drug-likeness (QED) is 0.772. The topological polar surface area (TPSA) is 63.1 Å². The van der Waals surface area contributed by atoms with Crippen LogP contribution in [-0.2, 0) is 13.5 Å². The third-order valence-electron chi connectivity index (χ3n) is 4.08. The fraction of sp³-hybridized carbons (Fsp3) is 0.278. The van der Waals surface area contributed by atoms with Crippen LogP contribution in [0.2, 0.25) is 0 Å². The molecule has 3 aromatic rings. The van der Waals surface area contributed by atoms with Crippen molar-refractivity contribution >= 4 is 22.6 Å². The predicted octanol–water partition coefficient (Wildman–Crippen LogP) is 2.15. The molecule has 6 nitrogen and oxygen atoms in total. The molecule has 1 aromatic carbocycles. The number of carbonyl (C=O) groups is 1. The molecule has 0 aliphatic carbocycles. The van der Waals surface area contributed by atoms with Crippen LogP contribution in [0.1, 0.15) is 16.3 Å². The van der Waals surface area contributed by atoms with Crippen molar-refractivity contribution in [3.63, 3.8) is 0 Å². The average Bonchev–Trinajstić information content (AvgIpc) is 2.93. The van der Waals surface area contributed by atoms with E-state index in [-0.39, 0.29) is 11.7 Å². The summed E-state index contributed by atoms with van der Waals surface area (Å²) in [7, 11) is 5.65. The number of hydrogen-bond acceptors (Lipinski definition) is 4. The minimum Gasteiger partial charge on any atom is -0.378 e. The molecule has 2 heterocycles. The summed E-state index contributed by atoms with van der Waals surface area (Å²) in [6.45, 7) is 0.394. The molecule has 25 heavy (non-hydrogen) atoms. The van der Waals surface area contributed by atoms with Crippen molar-refractivity contribution in [2.45, 2.75) is 6.42 Å². The minimum absolute atomic E-state index is 0.242. The molecular formula is C18H20FN5O. The van der Waals surface area contributed by atoms with Gasteiger partial charge in [-0.3, -0.25) is 9.78 Å². The highest BCUT2D eigenvalue weighted by Gasteiger charge is 2.12. The van der Waals surface area contributed by atoms with E-state index in [4.69, 9.17) is 0 Å². The van der Waals surface area contributed by atoms with E-state index < -0.39 is 0 Å². The molecular weight excluding hydrogens is 321 g/mol. The fourth-order valence-corrected chi connectivity index (χ4v) is 2.65. The van der Waals surface area contributed by atoms with Gasteiger partial charge in [-0.15, -0.1) is 0 Å². The van der Waals surface area contributed by atoms with E-state index in [1.54, 1.807) is 18.3 Å². The SMILES string of the molecule is CN(C)c1ccnc(C(=O)NCCc2nc3c(F)cccc3n2C)c1. The first kappa shape index (κ1) is 16.9. The second-order valence-electron chi connectivity index (χ2n) is 5.99. The van der Waals surface area contributed by atoms with Crippen LogP contribution >= 0.6 is 0 Å². The molecule has 0 spiro atoms. The monoisotopic (exact) mass is 341 g/mol. The largest absolute Gasteiger partial charge is 0.378 e. The summed E-state index contributed by atoms with van der Waals surface area (Å²) >= 11 is 0. The Morgan fingerprint density at radius 3 is 2.84 bits per heavy atom. The molecule has 130 valence electrons. The molecule has 0 bridgehead atoms. The molecule has 2 aromatic heterocycles. The Labute approximate surface area is 145 Å². The van der Waals surface area contributed by atoms with Gasteiger partial charge in [0.2, 0.25) is 0 Å². The van der Waals surface area contributed by atoms with E-state index in [2.05, 4.69) is 15.3 Å². The van der Waals surface area contributed by atoms with Gasteiger partial charge in [0.25, 0.3) is 5.91 Å². The lowest BCUT2D eigenvalue weighted by Gasteiger charge is -2.12. The van der Waals surface area contributed by atoms with E-state index in [0.29, 0.717) is 24.2 Å². The van der Waals surface area contributed by atoms with Gasteiger partial charge in [0.05, 0.1) is 5.52 Å². The van der Waals surface area contributed by atoms with Gasteiger partial charge < -0.3 is 14.8 Å². The van der Waals surface area contributed by atoms with E-state index in [1.165, 1.54) is 6.07 Å². The summed E-state index contributed by atoms with van der Waals surface area (Å²) in [5.41, 5.74) is 2.36. The highest BCUT2D eigenvalue weighted by molar-refractivity contribution is 5.93. The van der Waals surface area contributed by atoms with Crippen molar-refractivity contribution < 1.29 is 9.18 Å². The Hall–Kier alpha value is -2.96. The van der Waals surface area contributed by atoms with Gasteiger partial charge in [-0.25, -0.2) is 9.37 Å². The number of pyridine rings is 1. The van der Waals surface area contributed by atoms with Gasteiger partial charge in [-0.05, 0) is 24.3 Å². The van der Waals surface area contributed by atoms with E-state index in [1.807, 2.05) is 42.7 Å². The Balaban J connectivity index is 1.67. The van der Waals surface area contributed by atoms with Gasteiger partial charge in [0.15, 0.2) is 5.82 Å². The summed E-state index contributed by atoms with van der Waals surface area (Å²) in [5.74, 6) is 0.136. The summed E-state index contributed by atoms with van der Waals surface area (Å²) in [5, 5.41) is 2.83. The molecule has 0 fully saturated rings. The first-order valence-corrected chi connectivity index (χ1v) is 7.99. The Morgan fingerprint density at radius 1 is 1.32 bits per heavy atom. The van der Waals surface area contributed by atoms with Gasteiger partial charge in [-0.2, -0.15) is 0 Å². The van der Waals surface area contributed by atoms with Crippen molar-refractivity contribution in [2.24, 2.45) is 7.05 Å². The van der Waals surface area contributed by atoms with Crippen molar-refractivity contribution in [1.29, 1.82) is 0 Å². The molecule has 7 heteroatoms. The van der Waals surface area contributed by atoms with Gasteiger partial charge in [0.1, 0.15) is 17.0 Å². The number of nitrogens with one attached hydrogen (secondary N) is 1. The Morgan fingerprint density at radius 2 is 2.12 bits per heavy atom. The Bertz CT molecular complexity index is 919. The van der Waals surface area contributed by atoms with Crippen molar-refractivity contribution in [2.75, 3.05) is 25.5 Å². The zero-order valence-corrected chi connectivity index (χ0v) is 14.5. The number of para-hydroxylation sites is 1. The number of aryl methyl sites for hydroxylation is 1. The number of aromatic nitrogens is 3. The molecule has 0 aliphatic heterocycles. The maximum atomic E-state index is 13.8. The highest BCUT2D eigenvalue weighted by atomic mass is 19.1. The second kappa shape index (κ2) is 6.88. The fourth-order valence-electron chi connectivity index (χ4n) is 2.65. The summed E-state index contributed by atoms with van der Waals surface area (Å²) in [4.78, 5) is 22.6. The number of halogens is 1. The lowest BCUT2D eigenvalue weighted by atomic mass is 10.3. The maximum Gasteiger partial charge on any atom is 0.269 e. The molecule has 0 radical (unpaired) electrons. The van der Waals surface area contributed by atoms with Crippen LogP contribution in [0.5, 0.6) is 0 Å². The van der Waals surface area contributed by atoms with Crippen LogP contribution in [0.25, 0.3) is 11.0 Å². The van der Waals surface area contributed by atoms with Crippen LogP contribution < -0.4 is 10.2 Å². The number of amides is 1. The molecule has 3 rings (SSSR count). The smallest absolute Gasteiger partial charge is 0.269 e. The zero-order chi connectivity index (χ0) is 18.0. The molecule has 0 saturated carbocycles. The lowest BCUT2D eigenvalue weighted by Crippen LogP contribution is -2.27. The van der Waals surface area contributed by atoms with Crippen molar-refractivity contribution in [3.8, 4) is 0 Å². The normalized spacial score (nSPS) is 10.9. The second-order valence-corrected chi connectivity index (χ2v) is 5.99. The highest BCUT2D eigenvalue weighted by Crippen LogP contribution is 2.18. The van der Waals surface area contributed by atoms with Crippen LogP contribution in [0.4, 0.5) is 10.1 Å². The molecule has 0 unspecified atom stereocenters. The third-order valence-corrected chi connectivity index (χ3v) is 4.08. The van der Waals surface area contributed by atoms with Gasteiger partial charge >= 0.3 is 0 Å². The van der Waals surface area contributed by atoms with Crippen molar-refractivity contribution in [1.82, 2.24) is 19.9 Å². The summed E-state index contributed by atoms with van der Waals surface area (Å²) in [6.07, 6.45) is 2.11. The van der Waals surface area contributed by atoms with Gasteiger partial charge in [0, 0.05) is 46.0 Å². The number of carbonyl (C=O) groups excluding carboxylic acids is 1. The predicted molar refractivity (Wildman–Crippen MR) is 95.3 cm³/mol. The van der Waals surface area contributed by atoms with Crippen LogP contribution in [0, 0.1) is 5.82 Å². The number of rotatable bonds is 5. The molecule has 0 atom stereocenters. The van der Waals surface area contributed by atoms with Crippen LogP contribution in [0.3, 0.4) is 0 Å². The zero-order valence-electron chi connectivity index (χ0n) is 14.5. The standard InChI is InChI=1S/C18H20FN5O/c1-23(2)12-7-9-20-14(11-12)18(25)21-10-8-16-22-17-13(19)5-4-6-15(17)24(16)3/h4-7,9,11H,8,10H2,1-3H3,(H,21,25). The van der Waals surface area contributed by atoms with E-state index in [9.17, 15) is 9.18 Å². The first-order chi connectivity index (χ1) is 12.0. The number of hydrogen-bond donors (Lipinski definition) is 1. The first-order valence-electron chi connectivity index (χ1n) is 7.99. The molecule has 1 N–H and O–H groups in total. The number of anilines is 1. The number of nitrogens with zero attached hydrogens (tertiary/aromatic N) is 4. The van der Waals surface area contributed by atoms with Gasteiger partial charge in [-0.1, -0.05) is 6.07 Å². The van der Waals surface area contributed by atoms with Crippen LogP contribution in [0.15, 0.2) is 36.5 Å². The summed E-state index contributed by atoms with van der Waals surface area (Å²) in [6, 6.07) is 8.45. The lowest BCUT2D eigenvalue weighted by molar-refractivity contribution is 0.0949. The number of benzene rings is 1. The molecule has 0 aliphatic rings.